The van der Waals surface area contributed by atoms with Gasteiger partial charge >= 0.3 is 0 Å². The van der Waals surface area contributed by atoms with Gasteiger partial charge in [0.1, 0.15) is 5.52 Å². The van der Waals surface area contributed by atoms with Crippen LogP contribution in [0.1, 0.15) is 44.1 Å². The number of oxazole rings is 1. The van der Waals surface area contributed by atoms with Crippen LogP contribution >= 0.6 is 0 Å². The largest absolute Gasteiger partial charge is 0.443 e. The molecule has 0 saturated heterocycles. The van der Waals surface area contributed by atoms with E-state index in [1.54, 1.807) is 0 Å². The molecule has 0 amide bonds. The van der Waals surface area contributed by atoms with Crippen molar-refractivity contribution in [2.75, 3.05) is 0 Å². The van der Waals surface area contributed by atoms with Crippen LogP contribution in [0, 0.1) is 17.8 Å². The number of hydrogen-bond acceptors (Lipinski definition) is 4. The first kappa shape index (κ1) is 28.6. The lowest BCUT2D eigenvalue weighted by molar-refractivity contribution is -0.00518. The third kappa shape index (κ3) is 5.01. The molecule has 5 aromatic carbocycles. The van der Waals surface area contributed by atoms with E-state index in [1.165, 1.54) is 50.5 Å². The maximum Gasteiger partial charge on any atom is 0.182 e. The van der Waals surface area contributed by atoms with E-state index in [4.69, 9.17) is 14.4 Å². The van der Waals surface area contributed by atoms with Gasteiger partial charge in [-0.05, 0) is 90.5 Å². The number of nitrogens with zero attached hydrogens (tertiary/aromatic N) is 3. The molecule has 4 aliphatic carbocycles. The summed E-state index contributed by atoms with van der Waals surface area (Å²) in [4.78, 5) is 14.9. The summed E-state index contributed by atoms with van der Waals surface area (Å²) in [5.41, 5.74) is 12.9. The van der Waals surface area contributed by atoms with E-state index >= 15 is 0 Å². The molecule has 2 heterocycles. The fourth-order valence-electron chi connectivity index (χ4n) is 9.77. The molecule has 4 saturated carbocycles. The maximum absolute atomic E-state index is 5.91. The molecule has 238 valence electrons. The van der Waals surface area contributed by atoms with Gasteiger partial charge in [0.25, 0.3) is 0 Å². The summed E-state index contributed by atoms with van der Waals surface area (Å²) in [5.74, 6) is 3.56. The molecule has 4 heteroatoms. The van der Waals surface area contributed by atoms with Crippen molar-refractivity contribution >= 4 is 11.1 Å². The Hall–Kier alpha value is -5.35. The van der Waals surface area contributed by atoms with Crippen molar-refractivity contribution in [3.05, 3.63) is 139 Å². The standard InChI is InChI=1S/C45H37N3O/c1-3-7-32(8-4-1)39-20-19-38(42-43(39)49-28-46-42)33-11-13-35(14-12-33)41-24-40(34-9-5-2-6-10-34)47-44(48-41)36-15-17-37(18-16-36)45-25-29-21-30(26-45)23-31(22-29)27-45/h1-20,24,28-31H,21-23,25-27H2. The van der Waals surface area contributed by atoms with Crippen molar-refractivity contribution in [2.45, 2.75) is 43.9 Å². The molecule has 0 spiro atoms. The van der Waals surface area contributed by atoms with Gasteiger partial charge in [-0.1, -0.05) is 115 Å². The summed E-state index contributed by atoms with van der Waals surface area (Å²) >= 11 is 0. The molecule has 0 aliphatic heterocycles. The lowest BCUT2D eigenvalue weighted by Crippen LogP contribution is -2.48. The average molecular weight is 636 g/mol. The van der Waals surface area contributed by atoms with Crippen molar-refractivity contribution < 1.29 is 4.42 Å². The van der Waals surface area contributed by atoms with Crippen LogP contribution in [0.25, 0.3) is 67.3 Å². The first-order valence-corrected chi connectivity index (χ1v) is 17.8. The van der Waals surface area contributed by atoms with Crippen LogP contribution in [-0.4, -0.2) is 15.0 Å². The number of hydrogen-bond donors (Lipinski definition) is 0. The van der Waals surface area contributed by atoms with Crippen molar-refractivity contribution in [2.24, 2.45) is 17.8 Å². The van der Waals surface area contributed by atoms with Crippen molar-refractivity contribution in [1.29, 1.82) is 0 Å². The number of aromatic nitrogens is 3. The molecule has 4 bridgehead atoms. The van der Waals surface area contributed by atoms with E-state index < -0.39 is 0 Å². The van der Waals surface area contributed by atoms with Gasteiger partial charge in [-0.3, -0.25) is 0 Å². The Kier molecular flexibility index (Phi) is 6.65. The van der Waals surface area contributed by atoms with Crippen LogP contribution in [0.3, 0.4) is 0 Å². The molecule has 0 unspecified atom stereocenters. The van der Waals surface area contributed by atoms with Gasteiger partial charge in [0.2, 0.25) is 0 Å². The Morgan fingerprint density at radius 3 is 1.65 bits per heavy atom. The first-order chi connectivity index (χ1) is 24.2. The average Bonchev–Trinajstić information content (AvgIpc) is 3.65. The minimum atomic E-state index is 0.381. The Bertz CT molecular complexity index is 2250. The zero-order chi connectivity index (χ0) is 32.4. The summed E-state index contributed by atoms with van der Waals surface area (Å²) < 4.78 is 5.91. The van der Waals surface area contributed by atoms with Gasteiger partial charge in [0, 0.05) is 27.8 Å². The second-order valence-electron chi connectivity index (χ2n) is 14.7. The molecule has 11 rings (SSSR count). The topological polar surface area (TPSA) is 51.8 Å². The van der Waals surface area contributed by atoms with E-state index in [1.807, 2.05) is 24.3 Å². The number of fused-ring (bicyclic) bond motifs is 1. The molecule has 2 aromatic heterocycles. The molecule has 4 fully saturated rings. The van der Waals surface area contributed by atoms with Crippen molar-refractivity contribution in [1.82, 2.24) is 15.0 Å². The zero-order valence-electron chi connectivity index (χ0n) is 27.4. The Morgan fingerprint density at radius 1 is 0.510 bits per heavy atom. The highest BCUT2D eigenvalue weighted by atomic mass is 16.3. The minimum absolute atomic E-state index is 0.381. The van der Waals surface area contributed by atoms with E-state index in [-0.39, 0.29) is 0 Å². The number of rotatable bonds is 6. The van der Waals surface area contributed by atoms with Gasteiger partial charge in [-0.25, -0.2) is 15.0 Å². The monoisotopic (exact) mass is 635 g/mol. The second-order valence-corrected chi connectivity index (χ2v) is 14.7. The molecule has 0 radical (unpaired) electrons. The fraction of sp³-hybridized carbons (Fsp3) is 0.222. The highest BCUT2D eigenvalue weighted by molar-refractivity contribution is 5.99. The van der Waals surface area contributed by atoms with Gasteiger partial charge in [-0.2, -0.15) is 0 Å². The van der Waals surface area contributed by atoms with E-state index in [0.717, 1.165) is 85.0 Å². The van der Waals surface area contributed by atoms with Gasteiger partial charge < -0.3 is 4.42 Å². The SMILES string of the molecule is c1ccc(-c2cc(-c3ccc(-c4ccc(-c5ccccc5)c5ocnc45)cc3)nc(-c3ccc(C45CC6CC(CC(C6)C4)C5)cc3)n2)cc1. The quantitative estimate of drug-likeness (QED) is 0.182. The van der Waals surface area contributed by atoms with Crippen LogP contribution in [0.2, 0.25) is 0 Å². The van der Waals surface area contributed by atoms with Gasteiger partial charge in [-0.15, -0.1) is 0 Å². The molecule has 0 N–H and O–H groups in total. The fourth-order valence-corrected chi connectivity index (χ4v) is 9.77. The lowest BCUT2D eigenvalue weighted by atomic mass is 9.48. The Morgan fingerprint density at radius 2 is 1.02 bits per heavy atom. The lowest BCUT2D eigenvalue weighted by Gasteiger charge is -2.57. The predicted molar refractivity (Wildman–Crippen MR) is 197 cm³/mol. The molecule has 49 heavy (non-hydrogen) atoms. The molecule has 4 nitrogen and oxygen atoms in total. The first-order valence-electron chi connectivity index (χ1n) is 17.8. The summed E-state index contributed by atoms with van der Waals surface area (Å²) in [6, 6.07) is 45.1. The summed E-state index contributed by atoms with van der Waals surface area (Å²) in [6.45, 7) is 0. The predicted octanol–water partition coefficient (Wildman–Crippen LogP) is 11.4. The van der Waals surface area contributed by atoms with Crippen molar-refractivity contribution in [3.8, 4) is 56.2 Å². The van der Waals surface area contributed by atoms with Gasteiger partial charge in [0.15, 0.2) is 17.8 Å². The third-order valence-electron chi connectivity index (χ3n) is 11.6. The highest BCUT2D eigenvalue weighted by Crippen LogP contribution is 2.60. The smallest absolute Gasteiger partial charge is 0.182 e. The van der Waals surface area contributed by atoms with Crippen LogP contribution in [-0.2, 0) is 5.41 Å². The van der Waals surface area contributed by atoms with E-state index in [0.29, 0.717) is 5.41 Å². The molecule has 7 aromatic rings. The Labute approximate surface area is 286 Å². The van der Waals surface area contributed by atoms with Crippen LogP contribution < -0.4 is 0 Å². The normalized spacial score (nSPS) is 22.5. The number of benzene rings is 5. The summed E-state index contributed by atoms with van der Waals surface area (Å²) in [7, 11) is 0. The Balaban J connectivity index is 1.00. The van der Waals surface area contributed by atoms with Gasteiger partial charge in [0.05, 0.1) is 11.4 Å². The van der Waals surface area contributed by atoms with Crippen LogP contribution in [0.4, 0.5) is 0 Å². The summed E-state index contributed by atoms with van der Waals surface area (Å²) in [5, 5.41) is 0. The maximum atomic E-state index is 5.91. The molecular formula is C45H37N3O. The molecule has 0 atom stereocenters. The van der Waals surface area contributed by atoms with E-state index in [2.05, 4.69) is 108 Å². The summed E-state index contributed by atoms with van der Waals surface area (Å²) in [6.07, 6.45) is 10.1. The third-order valence-corrected chi connectivity index (χ3v) is 11.6. The molecule has 4 aliphatic rings. The van der Waals surface area contributed by atoms with Crippen LogP contribution in [0.15, 0.2) is 138 Å². The van der Waals surface area contributed by atoms with E-state index in [9.17, 15) is 0 Å². The zero-order valence-corrected chi connectivity index (χ0v) is 27.4. The minimum Gasteiger partial charge on any atom is -0.443 e. The second kappa shape index (κ2) is 11.4. The molecular weight excluding hydrogens is 599 g/mol. The van der Waals surface area contributed by atoms with Crippen LogP contribution in [0.5, 0.6) is 0 Å². The van der Waals surface area contributed by atoms with Crippen molar-refractivity contribution in [3.63, 3.8) is 0 Å². The highest BCUT2D eigenvalue weighted by Gasteiger charge is 2.51.